The largest absolute Gasteiger partial charge is 0.310 e. The number of nitrogens with zero attached hydrogens (tertiary/aromatic N) is 2. The summed E-state index contributed by atoms with van der Waals surface area (Å²) >= 11 is 0. The quantitative estimate of drug-likeness (QED) is 0.178. The normalized spacial score (nSPS) is 13.2. The zero-order chi connectivity index (χ0) is 33.0. The van der Waals surface area contributed by atoms with Crippen LogP contribution in [0.25, 0.3) is 84.8 Å². The van der Waals surface area contributed by atoms with Gasteiger partial charge in [0.15, 0.2) is 0 Å². The van der Waals surface area contributed by atoms with Gasteiger partial charge in [0.2, 0.25) is 0 Å². The van der Waals surface area contributed by atoms with Gasteiger partial charge in [-0.3, -0.25) is 0 Å². The molecular formula is C48H34N2. The van der Waals surface area contributed by atoms with Gasteiger partial charge < -0.3 is 9.13 Å². The Morgan fingerprint density at radius 2 is 0.960 bits per heavy atom. The van der Waals surface area contributed by atoms with E-state index < -0.39 is 0 Å². The number of hydrogen-bond donors (Lipinski definition) is 0. The van der Waals surface area contributed by atoms with E-state index in [2.05, 4.69) is 191 Å². The van der Waals surface area contributed by atoms with Crippen LogP contribution in [0.2, 0.25) is 0 Å². The van der Waals surface area contributed by atoms with Crippen molar-refractivity contribution in [2.24, 2.45) is 0 Å². The molecule has 6 aromatic carbocycles. The van der Waals surface area contributed by atoms with Gasteiger partial charge in [0.05, 0.1) is 21.7 Å². The van der Waals surface area contributed by atoms with Crippen molar-refractivity contribution in [1.82, 2.24) is 9.13 Å². The number of aromatic nitrogens is 2. The van der Waals surface area contributed by atoms with Crippen LogP contribution in [0.3, 0.4) is 0 Å². The minimum absolute atomic E-state index is 0.969. The molecule has 0 amide bonds. The van der Waals surface area contributed by atoms with Crippen LogP contribution in [-0.4, -0.2) is 9.13 Å². The van der Waals surface area contributed by atoms with Gasteiger partial charge in [-0.25, -0.2) is 0 Å². The van der Waals surface area contributed by atoms with Gasteiger partial charge in [0.1, 0.15) is 0 Å². The molecule has 0 fully saturated rings. The molecule has 0 bridgehead atoms. The molecule has 0 aliphatic heterocycles. The topological polar surface area (TPSA) is 9.86 Å². The second kappa shape index (κ2) is 11.6. The lowest BCUT2D eigenvalue weighted by atomic mass is 9.89. The molecule has 2 aliphatic rings. The van der Waals surface area contributed by atoms with Crippen LogP contribution < -0.4 is 10.7 Å². The molecule has 2 heteroatoms. The van der Waals surface area contributed by atoms with E-state index in [0.717, 1.165) is 18.5 Å². The summed E-state index contributed by atoms with van der Waals surface area (Å²) in [5, 5.41) is 5.16. The van der Waals surface area contributed by atoms with Crippen LogP contribution in [0.4, 0.5) is 0 Å². The summed E-state index contributed by atoms with van der Waals surface area (Å²) in [6, 6.07) is 53.2. The lowest BCUT2D eigenvalue weighted by Crippen LogP contribution is -2.27. The number of rotatable bonds is 5. The van der Waals surface area contributed by atoms with E-state index in [1.54, 1.807) is 0 Å². The molecule has 0 unspecified atom stereocenters. The number of fused-ring (bicyclic) bond motifs is 6. The Labute approximate surface area is 291 Å². The lowest BCUT2D eigenvalue weighted by Gasteiger charge is -2.16. The minimum Gasteiger partial charge on any atom is -0.310 e. The highest BCUT2D eigenvalue weighted by Crippen LogP contribution is 2.39. The summed E-state index contributed by atoms with van der Waals surface area (Å²) < 4.78 is 4.81. The first kappa shape index (κ1) is 28.6. The summed E-state index contributed by atoms with van der Waals surface area (Å²) in [7, 11) is 0. The lowest BCUT2D eigenvalue weighted by molar-refractivity contribution is 0.977. The zero-order valence-electron chi connectivity index (χ0n) is 27.6. The maximum Gasteiger partial charge on any atom is 0.0541 e. The van der Waals surface area contributed by atoms with Crippen LogP contribution in [0.1, 0.15) is 17.5 Å². The van der Waals surface area contributed by atoms with Crippen molar-refractivity contribution in [2.75, 3.05) is 0 Å². The average Bonchev–Trinajstić information content (AvgIpc) is 3.71. The van der Waals surface area contributed by atoms with Crippen molar-refractivity contribution in [3.05, 3.63) is 186 Å². The second-order valence-corrected chi connectivity index (χ2v) is 13.2. The third kappa shape index (κ3) is 4.49. The van der Waals surface area contributed by atoms with Gasteiger partial charge in [0, 0.05) is 27.7 Å². The van der Waals surface area contributed by atoms with E-state index in [1.807, 2.05) is 0 Å². The van der Waals surface area contributed by atoms with Crippen LogP contribution in [-0.2, 0) is 6.42 Å². The van der Waals surface area contributed by atoms with E-state index >= 15 is 0 Å². The molecule has 236 valence electrons. The fraction of sp³-hybridized carbons (Fsp3) is 0.0417. The van der Waals surface area contributed by atoms with E-state index in [1.165, 1.54) is 82.7 Å². The average molecular weight is 639 g/mol. The van der Waals surface area contributed by atoms with E-state index in [0.29, 0.717) is 0 Å². The van der Waals surface area contributed by atoms with Gasteiger partial charge >= 0.3 is 0 Å². The summed E-state index contributed by atoms with van der Waals surface area (Å²) in [5.74, 6) is 0. The summed E-state index contributed by atoms with van der Waals surface area (Å²) in [6.07, 6.45) is 15.6. The SMILES string of the molecule is C1=CCc2c3c(n(-c4ccc(-c5ccccc5-c5ccccc5-c5ccc(-n6c7ccccc7c7ccccc76)cc5)cc4)c2=C1)=CCC=C3. The van der Waals surface area contributed by atoms with Gasteiger partial charge in [-0.2, -0.15) is 0 Å². The number of para-hydroxylation sites is 2. The second-order valence-electron chi connectivity index (χ2n) is 13.2. The number of allylic oxidation sites excluding steroid dienone is 3. The molecule has 0 atom stereocenters. The monoisotopic (exact) mass is 638 g/mol. The fourth-order valence-corrected chi connectivity index (χ4v) is 8.16. The molecular weight excluding hydrogens is 605 g/mol. The first-order chi connectivity index (χ1) is 24.8. The fourth-order valence-electron chi connectivity index (χ4n) is 8.16. The van der Waals surface area contributed by atoms with Crippen LogP contribution in [0.15, 0.2) is 164 Å². The summed E-state index contributed by atoms with van der Waals surface area (Å²) in [6.45, 7) is 0. The predicted octanol–water partition coefficient (Wildman–Crippen LogP) is 10.7. The molecule has 2 nitrogen and oxygen atoms in total. The van der Waals surface area contributed by atoms with Crippen molar-refractivity contribution in [1.29, 1.82) is 0 Å². The smallest absolute Gasteiger partial charge is 0.0541 e. The molecule has 0 N–H and O–H groups in total. The highest BCUT2D eigenvalue weighted by atomic mass is 15.0. The van der Waals surface area contributed by atoms with Crippen molar-refractivity contribution < 1.29 is 0 Å². The van der Waals surface area contributed by atoms with Gasteiger partial charge in [-0.15, -0.1) is 0 Å². The van der Waals surface area contributed by atoms with Crippen molar-refractivity contribution >= 4 is 40.0 Å². The van der Waals surface area contributed by atoms with Gasteiger partial charge in [-0.1, -0.05) is 140 Å². The molecule has 2 aromatic heterocycles. The molecule has 0 spiro atoms. The van der Waals surface area contributed by atoms with Crippen LogP contribution in [0, 0.1) is 0 Å². The Balaban J connectivity index is 1.04. The molecule has 2 aliphatic carbocycles. The van der Waals surface area contributed by atoms with Crippen molar-refractivity contribution in [2.45, 2.75) is 12.8 Å². The maximum absolute atomic E-state index is 2.44. The van der Waals surface area contributed by atoms with E-state index in [-0.39, 0.29) is 0 Å². The minimum atomic E-state index is 0.969. The van der Waals surface area contributed by atoms with E-state index in [9.17, 15) is 0 Å². The highest BCUT2D eigenvalue weighted by molar-refractivity contribution is 6.09. The van der Waals surface area contributed by atoms with Crippen molar-refractivity contribution in [3.8, 4) is 44.8 Å². The van der Waals surface area contributed by atoms with Crippen LogP contribution in [0.5, 0.6) is 0 Å². The molecule has 2 heterocycles. The Bertz CT molecular complexity index is 2730. The molecule has 50 heavy (non-hydrogen) atoms. The molecule has 8 aromatic rings. The third-order valence-corrected chi connectivity index (χ3v) is 10.4. The molecule has 0 saturated heterocycles. The Morgan fingerprint density at radius 1 is 0.440 bits per heavy atom. The first-order valence-electron chi connectivity index (χ1n) is 17.5. The maximum atomic E-state index is 2.44. The van der Waals surface area contributed by atoms with Crippen LogP contribution >= 0.6 is 0 Å². The third-order valence-electron chi connectivity index (χ3n) is 10.4. The van der Waals surface area contributed by atoms with E-state index in [4.69, 9.17) is 0 Å². The predicted molar refractivity (Wildman–Crippen MR) is 211 cm³/mol. The highest BCUT2D eigenvalue weighted by Gasteiger charge is 2.17. The van der Waals surface area contributed by atoms with Gasteiger partial charge in [0.25, 0.3) is 0 Å². The standard InChI is InChI=1S/C48H34N2/c1-3-15-39(37(13-1)33-25-29-35(30-26-33)49-45-21-9-5-17-41(45)42-18-6-10-22-46(42)49)40-16-4-2-14-38(40)34-27-31-36(32-28-34)50-47-23-11-7-19-43(47)44-20-8-12-24-48(44)50/h1-11,13-18,20-32H,12,19H2. The molecule has 0 radical (unpaired) electrons. The summed E-state index contributed by atoms with van der Waals surface area (Å²) in [5.41, 5.74) is 14.9. The molecule has 0 saturated carbocycles. The van der Waals surface area contributed by atoms with Crippen molar-refractivity contribution in [3.63, 3.8) is 0 Å². The Morgan fingerprint density at radius 3 is 1.56 bits per heavy atom. The summed E-state index contributed by atoms with van der Waals surface area (Å²) in [4.78, 5) is 0. The number of hydrogen-bond acceptors (Lipinski definition) is 0. The van der Waals surface area contributed by atoms with Gasteiger partial charge in [-0.05, 0) is 94.3 Å². The first-order valence-corrected chi connectivity index (χ1v) is 17.5. The number of benzene rings is 6. The Kier molecular flexibility index (Phi) is 6.67. The zero-order valence-corrected chi connectivity index (χ0v) is 27.6. The Hall–Kier alpha value is -6.38. The molecule has 10 rings (SSSR count).